The summed E-state index contributed by atoms with van der Waals surface area (Å²) < 4.78 is 12.9. The molecule has 0 saturated heterocycles. The lowest BCUT2D eigenvalue weighted by atomic mass is 10.1. The topological polar surface area (TPSA) is 88.9 Å². The van der Waals surface area contributed by atoms with E-state index in [2.05, 4.69) is 30.2 Å². The molecule has 0 spiro atoms. The molecule has 3 aromatic heterocycles. The number of imidazole rings is 1. The van der Waals surface area contributed by atoms with Crippen LogP contribution in [0.25, 0.3) is 22.6 Å². The standard InChI is InChI=1S/C27H36N6O3/c1-7-13-32-26(34)23-25(31(9-3)27(32)35)29-24(33(23)22(8-2)36-18(4)5)21-15-28-30(17-21)16-20-12-10-11-19(6)14-20/h10-12,14-15,17-18,22H,7-9,13,16H2,1-6H3. The molecular formula is C27H36N6O3. The monoisotopic (exact) mass is 492 g/mol. The number of hydrogen-bond donors (Lipinski definition) is 0. The van der Waals surface area contributed by atoms with Crippen molar-refractivity contribution in [1.82, 2.24) is 28.5 Å². The van der Waals surface area contributed by atoms with Crippen LogP contribution in [0.1, 0.15) is 64.8 Å². The molecule has 0 fully saturated rings. The van der Waals surface area contributed by atoms with Crippen LogP contribution in [0.5, 0.6) is 0 Å². The Kier molecular flexibility index (Phi) is 7.59. The molecule has 1 aromatic carbocycles. The van der Waals surface area contributed by atoms with Crippen LogP contribution >= 0.6 is 0 Å². The summed E-state index contributed by atoms with van der Waals surface area (Å²) in [6.45, 7) is 13.2. The molecule has 0 bridgehead atoms. The van der Waals surface area contributed by atoms with E-state index >= 15 is 0 Å². The summed E-state index contributed by atoms with van der Waals surface area (Å²) in [7, 11) is 0. The lowest BCUT2D eigenvalue weighted by Gasteiger charge is -2.23. The van der Waals surface area contributed by atoms with Crippen molar-refractivity contribution in [2.24, 2.45) is 0 Å². The van der Waals surface area contributed by atoms with Gasteiger partial charge in [0.15, 0.2) is 11.2 Å². The maximum absolute atomic E-state index is 13.7. The van der Waals surface area contributed by atoms with E-state index in [9.17, 15) is 9.59 Å². The molecule has 0 amide bonds. The van der Waals surface area contributed by atoms with E-state index in [1.807, 2.05) is 56.1 Å². The third-order valence-electron chi connectivity index (χ3n) is 6.21. The summed E-state index contributed by atoms with van der Waals surface area (Å²) in [6.07, 6.45) is 4.52. The number of rotatable bonds is 10. The first kappa shape index (κ1) is 25.6. The normalized spacial score (nSPS) is 12.6. The van der Waals surface area contributed by atoms with Gasteiger partial charge < -0.3 is 4.74 Å². The summed E-state index contributed by atoms with van der Waals surface area (Å²) in [6, 6.07) is 8.31. The average molecular weight is 493 g/mol. The number of aryl methyl sites for hydroxylation is 2. The van der Waals surface area contributed by atoms with Crippen molar-refractivity contribution >= 4 is 11.2 Å². The summed E-state index contributed by atoms with van der Waals surface area (Å²) in [5, 5.41) is 4.58. The first-order valence-corrected chi connectivity index (χ1v) is 12.8. The van der Waals surface area contributed by atoms with Crippen molar-refractivity contribution in [2.75, 3.05) is 0 Å². The molecule has 0 N–H and O–H groups in total. The quantitative estimate of drug-likeness (QED) is 0.329. The highest BCUT2D eigenvalue weighted by atomic mass is 16.5. The van der Waals surface area contributed by atoms with Crippen LogP contribution in [-0.2, 0) is 24.4 Å². The highest BCUT2D eigenvalue weighted by Gasteiger charge is 2.27. The summed E-state index contributed by atoms with van der Waals surface area (Å²) in [5.41, 5.74) is 3.21. The van der Waals surface area contributed by atoms with Crippen molar-refractivity contribution in [1.29, 1.82) is 0 Å². The first-order chi connectivity index (χ1) is 17.3. The molecule has 1 atom stereocenters. The molecular weight excluding hydrogens is 456 g/mol. The third kappa shape index (κ3) is 4.80. The second-order valence-electron chi connectivity index (χ2n) is 9.42. The van der Waals surface area contributed by atoms with Crippen molar-refractivity contribution in [3.05, 3.63) is 68.6 Å². The zero-order valence-electron chi connectivity index (χ0n) is 22.1. The van der Waals surface area contributed by atoms with Gasteiger partial charge in [0, 0.05) is 19.3 Å². The van der Waals surface area contributed by atoms with Crippen molar-refractivity contribution < 1.29 is 4.74 Å². The molecule has 0 saturated carbocycles. The van der Waals surface area contributed by atoms with Gasteiger partial charge in [-0.25, -0.2) is 9.78 Å². The minimum Gasteiger partial charge on any atom is -0.355 e. The van der Waals surface area contributed by atoms with E-state index in [-0.39, 0.29) is 17.4 Å². The van der Waals surface area contributed by atoms with E-state index in [0.717, 1.165) is 11.1 Å². The fourth-order valence-corrected chi connectivity index (χ4v) is 4.67. The predicted octanol–water partition coefficient (Wildman–Crippen LogP) is 4.34. The van der Waals surface area contributed by atoms with Gasteiger partial charge in [0.2, 0.25) is 0 Å². The molecule has 4 aromatic rings. The van der Waals surface area contributed by atoms with Crippen molar-refractivity contribution in [3.63, 3.8) is 0 Å². The van der Waals surface area contributed by atoms with Crippen LogP contribution in [0.4, 0.5) is 0 Å². The third-order valence-corrected chi connectivity index (χ3v) is 6.21. The molecule has 0 aliphatic carbocycles. The fraction of sp³-hybridized carbons (Fsp3) is 0.481. The Hall–Kier alpha value is -3.46. The highest BCUT2D eigenvalue weighted by molar-refractivity contribution is 5.77. The molecule has 0 radical (unpaired) electrons. The molecule has 36 heavy (non-hydrogen) atoms. The van der Waals surface area contributed by atoms with Gasteiger partial charge in [0.1, 0.15) is 12.1 Å². The van der Waals surface area contributed by atoms with E-state index in [1.165, 1.54) is 10.1 Å². The van der Waals surface area contributed by atoms with Gasteiger partial charge in [0.05, 0.1) is 24.4 Å². The summed E-state index contributed by atoms with van der Waals surface area (Å²) in [5.74, 6) is 0.570. The molecule has 0 aliphatic rings. The Morgan fingerprint density at radius 3 is 2.50 bits per heavy atom. The largest absolute Gasteiger partial charge is 0.355 e. The molecule has 4 rings (SSSR count). The van der Waals surface area contributed by atoms with E-state index < -0.39 is 6.23 Å². The minimum atomic E-state index is -0.421. The zero-order chi connectivity index (χ0) is 26.0. The number of nitrogens with zero attached hydrogens (tertiary/aromatic N) is 6. The van der Waals surface area contributed by atoms with Crippen molar-refractivity contribution in [2.45, 2.75) is 86.4 Å². The smallest absolute Gasteiger partial charge is 0.332 e. The number of benzene rings is 1. The maximum atomic E-state index is 13.7. The van der Waals surface area contributed by atoms with Gasteiger partial charge in [-0.1, -0.05) is 43.7 Å². The summed E-state index contributed by atoms with van der Waals surface area (Å²) >= 11 is 0. The lowest BCUT2D eigenvalue weighted by molar-refractivity contribution is -0.0360. The van der Waals surface area contributed by atoms with Crippen LogP contribution in [-0.4, -0.2) is 34.6 Å². The summed E-state index contributed by atoms with van der Waals surface area (Å²) in [4.78, 5) is 31.7. The Morgan fingerprint density at radius 2 is 1.86 bits per heavy atom. The Balaban J connectivity index is 1.95. The van der Waals surface area contributed by atoms with Gasteiger partial charge in [-0.3, -0.25) is 23.2 Å². The van der Waals surface area contributed by atoms with E-state index in [1.54, 1.807) is 10.8 Å². The van der Waals surface area contributed by atoms with Crippen molar-refractivity contribution in [3.8, 4) is 11.4 Å². The number of fused-ring (bicyclic) bond motifs is 1. The number of ether oxygens (including phenoxy) is 1. The average Bonchev–Trinajstić information content (AvgIpc) is 3.45. The maximum Gasteiger partial charge on any atom is 0.332 e. The molecule has 9 heteroatoms. The Labute approximate surface area is 211 Å². The first-order valence-electron chi connectivity index (χ1n) is 12.8. The highest BCUT2D eigenvalue weighted by Crippen LogP contribution is 2.29. The Bertz CT molecular complexity index is 1470. The second-order valence-corrected chi connectivity index (χ2v) is 9.42. The molecule has 9 nitrogen and oxygen atoms in total. The van der Waals surface area contributed by atoms with Gasteiger partial charge >= 0.3 is 5.69 Å². The second kappa shape index (κ2) is 10.7. The lowest BCUT2D eigenvalue weighted by Crippen LogP contribution is -2.40. The zero-order valence-corrected chi connectivity index (χ0v) is 22.1. The van der Waals surface area contributed by atoms with Gasteiger partial charge in [-0.15, -0.1) is 0 Å². The van der Waals surface area contributed by atoms with Crippen LogP contribution in [0.15, 0.2) is 46.2 Å². The molecule has 192 valence electrons. The Morgan fingerprint density at radius 1 is 1.08 bits per heavy atom. The minimum absolute atomic E-state index is 0.0563. The van der Waals surface area contributed by atoms with Gasteiger partial charge in [-0.05, 0) is 46.1 Å². The van der Waals surface area contributed by atoms with E-state index in [0.29, 0.717) is 49.5 Å². The fourth-order valence-electron chi connectivity index (χ4n) is 4.67. The van der Waals surface area contributed by atoms with Crippen LogP contribution < -0.4 is 11.2 Å². The molecule has 3 heterocycles. The number of hydrogen-bond acceptors (Lipinski definition) is 5. The van der Waals surface area contributed by atoms with Gasteiger partial charge in [-0.2, -0.15) is 5.10 Å². The van der Waals surface area contributed by atoms with Crippen LogP contribution in [0, 0.1) is 6.92 Å². The van der Waals surface area contributed by atoms with Crippen LogP contribution in [0.2, 0.25) is 0 Å². The van der Waals surface area contributed by atoms with Gasteiger partial charge in [0.25, 0.3) is 5.56 Å². The molecule has 1 unspecified atom stereocenters. The predicted molar refractivity (Wildman–Crippen MR) is 141 cm³/mol. The molecule has 0 aliphatic heterocycles. The SMILES string of the molecule is CCCn1c(=O)c2c(nc(-c3cnn(Cc4cccc(C)c4)c3)n2C(CC)OC(C)C)n(CC)c1=O. The van der Waals surface area contributed by atoms with E-state index in [4.69, 9.17) is 9.72 Å². The number of aromatic nitrogens is 6. The van der Waals surface area contributed by atoms with Crippen LogP contribution in [0.3, 0.4) is 0 Å².